The van der Waals surface area contributed by atoms with Crippen molar-refractivity contribution < 1.29 is 9.53 Å². The van der Waals surface area contributed by atoms with E-state index in [0.29, 0.717) is 5.56 Å². The van der Waals surface area contributed by atoms with E-state index in [9.17, 15) is 4.79 Å². The topological polar surface area (TPSA) is 59.7 Å². The van der Waals surface area contributed by atoms with Crippen LogP contribution in [0.15, 0.2) is 37.0 Å². The molecule has 4 rings (SSSR count). The molecule has 0 radical (unpaired) electrons. The number of piperidine rings is 1. The van der Waals surface area contributed by atoms with Gasteiger partial charge in [-0.05, 0) is 76.8 Å². The number of carbonyl (C=O) groups is 1. The predicted molar refractivity (Wildman–Crippen MR) is 123 cm³/mol. The number of carbonyl (C=O) groups excluding carboxylic acids is 1. The zero-order chi connectivity index (χ0) is 22.1. The van der Waals surface area contributed by atoms with Crippen molar-refractivity contribution in [3.8, 4) is 11.3 Å². The summed E-state index contributed by atoms with van der Waals surface area (Å²) in [5, 5.41) is 8.58. The Bertz CT molecular complexity index is 1120. The highest BCUT2D eigenvalue weighted by Crippen LogP contribution is 2.33. The van der Waals surface area contributed by atoms with E-state index in [2.05, 4.69) is 26.1 Å². The third-order valence-electron chi connectivity index (χ3n) is 5.85. The number of likely N-dealkylation sites (tertiary alicyclic amines) is 1. The molecule has 1 aliphatic heterocycles. The smallest absolute Gasteiger partial charge is 0.338 e. The van der Waals surface area contributed by atoms with Crippen LogP contribution in [0.4, 0.5) is 0 Å². The zero-order valence-corrected chi connectivity index (χ0v) is 18.8. The summed E-state index contributed by atoms with van der Waals surface area (Å²) in [6.45, 7) is 14.0. The molecule has 0 bridgehead atoms. The lowest BCUT2D eigenvalue weighted by molar-refractivity contribution is 0.0377. The summed E-state index contributed by atoms with van der Waals surface area (Å²) >= 11 is 0. The van der Waals surface area contributed by atoms with Crippen LogP contribution < -0.4 is 0 Å². The van der Waals surface area contributed by atoms with Crippen LogP contribution in [0.2, 0.25) is 0 Å². The van der Waals surface area contributed by atoms with Crippen LogP contribution in [0.5, 0.6) is 0 Å². The first-order valence-corrected chi connectivity index (χ1v) is 11.0. The average Bonchev–Trinajstić information content (AvgIpc) is 3.17. The molecule has 162 valence electrons. The molecule has 0 N–H and O–H groups in total. The van der Waals surface area contributed by atoms with Crippen molar-refractivity contribution in [1.29, 1.82) is 0 Å². The largest absolute Gasteiger partial charge is 0.459 e. The Hall–Kier alpha value is -3.15. The number of aryl methyl sites for hydroxylation is 1. The Morgan fingerprint density at radius 3 is 2.48 bits per heavy atom. The van der Waals surface area contributed by atoms with Gasteiger partial charge in [-0.1, -0.05) is 6.58 Å². The number of hydrogen-bond donors (Lipinski definition) is 0. The van der Waals surface area contributed by atoms with Gasteiger partial charge in [-0.3, -0.25) is 0 Å². The second-order valence-electron chi connectivity index (χ2n) is 8.52. The molecule has 1 fully saturated rings. The number of nitrogens with zero attached hydrogens (tertiary/aromatic N) is 4. The zero-order valence-electron chi connectivity index (χ0n) is 18.8. The van der Waals surface area contributed by atoms with Gasteiger partial charge < -0.3 is 14.0 Å². The van der Waals surface area contributed by atoms with Gasteiger partial charge in [0.1, 0.15) is 0 Å². The fourth-order valence-corrected chi connectivity index (χ4v) is 4.26. The van der Waals surface area contributed by atoms with Gasteiger partial charge in [-0.15, -0.1) is 0 Å². The van der Waals surface area contributed by atoms with Gasteiger partial charge in [0.25, 0.3) is 0 Å². The predicted octanol–water partition coefficient (Wildman–Crippen LogP) is 5.03. The maximum atomic E-state index is 13.0. The number of rotatable bonds is 5. The Morgan fingerprint density at radius 1 is 1.10 bits per heavy atom. The molecule has 0 aliphatic carbocycles. The molecule has 0 saturated carbocycles. The fraction of sp³-hybridized carbons (Fsp3) is 0.400. The van der Waals surface area contributed by atoms with Crippen LogP contribution in [-0.4, -0.2) is 44.7 Å². The minimum absolute atomic E-state index is 0.189. The van der Waals surface area contributed by atoms with E-state index in [4.69, 9.17) is 4.74 Å². The van der Waals surface area contributed by atoms with Crippen LogP contribution in [0.3, 0.4) is 0 Å². The van der Waals surface area contributed by atoms with Gasteiger partial charge in [-0.2, -0.15) is 10.2 Å². The minimum Gasteiger partial charge on any atom is -0.459 e. The van der Waals surface area contributed by atoms with Crippen molar-refractivity contribution in [1.82, 2.24) is 19.5 Å². The van der Waals surface area contributed by atoms with Crippen molar-refractivity contribution in [3.05, 3.63) is 59.6 Å². The Balaban J connectivity index is 1.91. The van der Waals surface area contributed by atoms with Crippen LogP contribution in [0.1, 0.15) is 60.4 Å². The van der Waals surface area contributed by atoms with E-state index in [1.165, 1.54) is 6.42 Å². The Labute approximate surface area is 183 Å². The van der Waals surface area contributed by atoms with E-state index in [1.807, 2.05) is 58.2 Å². The second kappa shape index (κ2) is 8.53. The summed E-state index contributed by atoms with van der Waals surface area (Å²) < 4.78 is 7.69. The molecular weight excluding hydrogens is 388 g/mol. The maximum absolute atomic E-state index is 13.0. The molecule has 1 aliphatic rings. The highest BCUT2D eigenvalue weighted by molar-refractivity contribution is 5.96. The maximum Gasteiger partial charge on any atom is 0.338 e. The molecule has 0 aromatic carbocycles. The quantitative estimate of drug-likeness (QED) is 0.544. The van der Waals surface area contributed by atoms with Crippen molar-refractivity contribution in [2.45, 2.75) is 53.1 Å². The third-order valence-corrected chi connectivity index (χ3v) is 5.85. The molecule has 4 heterocycles. The van der Waals surface area contributed by atoms with E-state index in [1.54, 1.807) is 0 Å². The summed E-state index contributed by atoms with van der Waals surface area (Å²) in [5.41, 5.74) is 6.80. The van der Waals surface area contributed by atoms with Crippen molar-refractivity contribution in [2.24, 2.45) is 0 Å². The van der Waals surface area contributed by atoms with Crippen molar-refractivity contribution in [2.75, 3.05) is 13.1 Å². The number of fused-ring (bicyclic) bond motifs is 1. The Kier molecular flexibility index (Phi) is 5.81. The van der Waals surface area contributed by atoms with E-state index >= 15 is 0 Å². The van der Waals surface area contributed by atoms with Gasteiger partial charge >= 0.3 is 5.97 Å². The number of aromatic nitrogens is 3. The fourth-order valence-electron chi connectivity index (χ4n) is 4.26. The molecule has 3 aromatic heterocycles. The molecule has 0 spiro atoms. The first-order chi connectivity index (χ1) is 14.9. The van der Waals surface area contributed by atoms with E-state index in [0.717, 1.165) is 65.4 Å². The van der Waals surface area contributed by atoms with Crippen molar-refractivity contribution in [3.63, 3.8) is 0 Å². The highest BCUT2D eigenvalue weighted by atomic mass is 16.5. The summed E-state index contributed by atoms with van der Waals surface area (Å²) in [5.74, 6) is -0.315. The summed E-state index contributed by atoms with van der Waals surface area (Å²) in [4.78, 5) is 15.3. The van der Waals surface area contributed by atoms with Gasteiger partial charge in [0.15, 0.2) is 0 Å². The highest BCUT2D eigenvalue weighted by Gasteiger charge is 2.24. The van der Waals surface area contributed by atoms with Gasteiger partial charge in [0.05, 0.1) is 40.0 Å². The van der Waals surface area contributed by atoms with Gasteiger partial charge in [0, 0.05) is 24.8 Å². The van der Waals surface area contributed by atoms with Crippen LogP contribution in [0, 0.1) is 13.8 Å². The van der Waals surface area contributed by atoms with E-state index < -0.39 is 0 Å². The lowest BCUT2D eigenvalue weighted by atomic mass is 10.0. The molecular formula is C25H30N4O2. The van der Waals surface area contributed by atoms with Gasteiger partial charge in [0.2, 0.25) is 0 Å². The Morgan fingerprint density at radius 2 is 1.84 bits per heavy atom. The number of hydrogen-bond acceptors (Lipinski definition) is 5. The summed E-state index contributed by atoms with van der Waals surface area (Å²) in [6.07, 6.45) is 5.41. The monoisotopic (exact) mass is 418 g/mol. The molecule has 6 nitrogen and oxygen atoms in total. The minimum atomic E-state index is -0.315. The number of ether oxygens (including phenoxy) is 1. The first-order valence-electron chi connectivity index (χ1n) is 11.0. The molecule has 1 saturated heterocycles. The lowest BCUT2D eigenvalue weighted by Crippen LogP contribution is -2.29. The molecule has 0 atom stereocenters. The van der Waals surface area contributed by atoms with Crippen molar-refractivity contribution >= 4 is 17.2 Å². The van der Waals surface area contributed by atoms with Crippen LogP contribution >= 0.6 is 0 Å². The molecule has 0 amide bonds. The first kappa shape index (κ1) is 21.1. The standard InChI is InChI=1S/C25H30N4O2/c1-16(2)31-25(30)21-15-23-20(22-10-9-17(3)26-27-22)11-14-29(23)24(18(21)4)19(5)28-12-7-6-8-13-28/h9-11,14-16H,5-8,12-13H2,1-4H3. The van der Waals surface area contributed by atoms with Crippen LogP contribution in [0.25, 0.3) is 22.5 Å². The average molecular weight is 419 g/mol. The summed E-state index contributed by atoms with van der Waals surface area (Å²) in [6, 6.07) is 7.84. The SMILES string of the molecule is C=C(c1c(C)c(C(=O)OC(C)C)cc2c(-c3ccc(C)nn3)ccn12)N1CCCCC1. The molecule has 0 unspecified atom stereocenters. The molecule has 31 heavy (non-hydrogen) atoms. The summed E-state index contributed by atoms with van der Waals surface area (Å²) in [7, 11) is 0. The number of esters is 1. The normalized spacial score (nSPS) is 14.3. The van der Waals surface area contributed by atoms with Crippen LogP contribution in [-0.2, 0) is 4.74 Å². The second-order valence-corrected chi connectivity index (χ2v) is 8.52. The van der Waals surface area contributed by atoms with Gasteiger partial charge in [-0.25, -0.2) is 4.79 Å². The van der Waals surface area contributed by atoms with E-state index in [-0.39, 0.29) is 12.1 Å². The number of pyridine rings is 1. The molecule has 6 heteroatoms. The molecule has 3 aromatic rings. The lowest BCUT2D eigenvalue weighted by Gasteiger charge is -2.32. The third kappa shape index (κ3) is 4.07.